The van der Waals surface area contributed by atoms with E-state index in [2.05, 4.69) is 5.32 Å². The molecular weight excluding hydrogens is 452 g/mol. The molecule has 1 amide bonds. The molecule has 0 saturated carbocycles. The Hall–Kier alpha value is -2.71. The predicted molar refractivity (Wildman–Crippen MR) is 131 cm³/mol. The third-order valence-corrected chi connectivity index (χ3v) is 8.78. The minimum absolute atomic E-state index is 0.247. The van der Waals surface area contributed by atoms with Crippen molar-refractivity contribution in [3.8, 4) is 0 Å². The average molecular weight is 487 g/mol. The van der Waals surface area contributed by atoms with Crippen LogP contribution >= 0.6 is 0 Å². The average Bonchev–Trinajstić information content (AvgIpc) is 2.82. The number of nitrogens with zero attached hydrogens (tertiary/aromatic N) is 1. The minimum Gasteiger partial charge on any atom is -0.455 e. The number of benzene rings is 2. The molecule has 0 unspecified atom stereocenters. The van der Waals surface area contributed by atoms with Gasteiger partial charge in [-0.3, -0.25) is 9.59 Å². The number of carbonyl (C=O) groups is 2. The van der Waals surface area contributed by atoms with Crippen molar-refractivity contribution in [3.05, 3.63) is 64.2 Å². The zero-order chi connectivity index (χ0) is 24.9. The minimum atomic E-state index is -3.66. The number of sulfonamides is 1. The van der Waals surface area contributed by atoms with E-state index in [9.17, 15) is 18.0 Å². The molecule has 2 aromatic rings. The maximum atomic E-state index is 13.4. The third-order valence-electron chi connectivity index (χ3n) is 6.61. The van der Waals surface area contributed by atoms with E-state index in [4.69, 9.17) is 4.74 Å². The maximum absolute atomic E-state index is 13.4. The molecule has 34 heavy (non-hydrogen) atoms. The molecule has 0 aromatic heterocycles. The monoisotopic (exact) mass is 486 g/mol. The maximum Gasteiger partial charge on any atom is 0.309 e. The first kappa shape index (κ1) is 25.9. The predicted octanol–water partition coefficient (Wildman–Crippen LogP) is 3.22. The molecule has 3 rings (SSSR count). The number of carbonyl (C=O) groups excluding carboxylic acids is 2. The lowest BCUT2D eigenvalue weighted by molar-refractivity contribution is -0.153. The molecule has 1 aliphatic rings. The van der Waals surface area contributed by atoms with E-state index in [-0.39, 0.29) is 25.6 Å². The van der Waals surface area contributed by atoms with Gasteiger partial charge >= 0.3 is 5.97 Å². The van der Waals surface area contributed by atoms with Gasteiger partial charge in [0.1, 0.15) is 0 Å². The Morgan fingerprint density at radius 1 is 1.00 bits per heavy atom. The Balaban J connectivity index is 1.49. The quantitative estimate of drug-likeness (QED) is 0.579. The zero-order valence-corrected chi connectivity index (χ0v) is 21.2. The zero-order valence-electron chi connectivity index (χ0n) is 20.4. The molecule has 0 atom stereocenters. The number of piperidine rings is 1. The van der Waals surface area contributed by atoms with Crippen LogP contribution in [0.5, 0.6) is 0 Å². The molecule has 0 radical (unpaired) electrons. The lowest BCUT2D eigenvalue weighted by Gasteiger charge is -2.31. The number of hydrogen-bond donors (Lipinski definition) is 1. The molecule has 1 heterocycles. The first-order valence-electron chi connectivity index (χ1n) is 11.7. The summed E-state index contributed by atoms with van der Waals surface area (Å²) in [5.74, 6) is -1.20. The van der Waals surface area contributed by atoms with E-state index < -0.39 is 21.9 Å². The molecule has 1 saturated heterocycles. The van der Waals surface area contributed by atoms with Gasteiger partial charge in [-0.15, -0.1) is 0 Å². The second-order valence-corrected chi connectivity index (χ2v) is 10.8. The summed E-state index contributed by atoms with van der Waals surface area (Å²) in [5.41, 5.74) is 4.54. The molecule has 8 heteroatoms. The van der Waals surface area contributed by atoms with Crippen LogP contribution in [-0.2, 0) is 30.8 Å². The third kappa shape index (κ3) is 6.04. The summed E-state index contributed by atoms with van der Waals surface area (Å²) in [4.78, 5) is 24.8. The largest absolute Gasteiger partial charge is 0.455 e. The highest BCUT2D eigenvalue weighted by molar-refractivity contribution is 7.89. The lowest BCUT2D eigenvalue weighted by atomic mass is 9.98. The van der Waals surface area contributed by atoms with Gasteiger partial charge in [0, 0.05) is 19.6 Å². The van der Waals surface area contributed by atoms with Crippen molar-refractivity contribution in [2.24, 2.45) is 5.92 Å². The van der Waals surface area contributed by atoms with E-state index in [1.165, 1.54) is 4.31 Å². The molecule has 0 bridgehead atoms. The Morgan fingerprint density at radius 2 is 1.59 bits per heavy atom. The second kappa shape index (κ2) is 11.1. The summed E-state index contributed by atoms with van der Waals surface area (Å²) in [6.07, 6.45) is 1.44. The molecule has 0 spiro atoms. The Bertz CT molecular complexity index is 1110. The molecule has 1 N–H and O–H groups in total. The Labute approximate surface area is 202 Å². The van der Waals surface area contributed by atoms with Crippen molar-refractivity contribution < 1.29 is 22.7 Å². The highest BCUT2D eigenvalue weighted by Crippen LogP contribution is 2.31. The number of amides is 1. The van der Waals surface area contributed by atoms with Crippen LogP contribution < -0.4 is 5.32 Å². The first-order valence-corrected chi connectivity index (χ1v) is 13.1. The summed E-state index contributed by atoms with van der Waals surface area (Å²) in [6, 6.07) is 11.8. The van der Waals surface area contributed by atoms with Crippen LogP contribution in [0.25, 0.3) is 0 Å². The molecule has 184 valence electrons. The molecule has 7 nitrogen and oxygen atoms in total. The molecule has 0 aliphatic carbocycles. The van der Waals surface area contributed by atoms with Gasteiger partial charge in [-0.05, 0) is 74.8 Å². The summed E-state index contributed by atoms with van der Waals surface area (Å²) >= 11 is 0. The number of hydrogen-bond acceptors (Lipinski definition) is 5. The Kier molecular flexibility index (Phi) is 8.49. The van der Waals surface area contributed by atoms with Crippen molar-refractivity contribution in [2.75, 3.05) is 26.2 Å². The first-order chi connectivity index (χ1) is 16.1. The molecule has 2 aromatic carbocycles. The fourth-order valence-electron chi connectivity index (χ4n) is 4.33. The fourth-order valence-corrected chi connectivity index (χ4v) is 6.37. The van der Waals surface area contributed by atoms with E-state index in [1.54, 1.807) is 0 Å². The van der Waals surface area contributed by atoms with Gasteiger partial charge in [0.25, 0.3) is 5.91 Å². The number of aryl methyl sites for hydroxylation is 2. The van der Waals surface area contributed by atoms with E-state index >= 15 is 0 Å². The lowest BCUT2D eigenvalue weighted by Crippen LogP contribution is -2.41. The number of esters is 1. The normalized spacial score (nSPS) is 15.2. The van der Waals surface area contributed by atoms with Crippen molar-refractivity contribution in [1.82, 2.24) is 9.62 Å². The SMILES string of the molecule is Cc1cc(C)c(C)c(S(=O)(=O)N2CCC(C(=O)OCC(=O)NCCc3ccccc3)CC2)c1C. The smallest absolute Gasteiger partial charge is 0.309 e. The summed E-state index contributed by atoms with van der Waals surface area (Å²) in [6.45, 7) is 8.14. The molecule has 1 fully saturated rings. The van der Waals surface area contributed by atoms with Gasteiger partial charge in [-0.25, -0.2) is 8.42 Å². The van der Waals surface area contributed by atoms with Crippen LogP contribution in [0.4, 0.5) is 0 Å². The van der Waals surface area contributed by atoms with E-state index in [0.717, 1.165) is 27.8 Å². The number of nitrogens with one attached hydrogen (secondary N) is 1. The van der Waals surface area contributed by atoms with Crippen molar-refractivity contribution in [3.63, 3.8) is 0 Å². The van der Waals surface area contributed by atoms with Crippen LogP contribution in [0.3, 0.4) is 0 Å². The second-order valence-electron chi connectivity index (χ2n) is 8.96. The van der Waals surface area contributed by atoms with Crippen LogP contribution in [0.2, 0.25) is 0 Å². The van der Waals surface area contributed by atoms with Crippen LogP contribution in [0.1, 0.15) is 40.7 Å². The topological polar surface area (TPSA) is 92.8 Å². The van der Waals surface area contributed by atoms with Gasteiger partial charge < -0.3 is 10.1 Å². The molecule has 1 aliphatic heterocycles. The van der Waals surface area contributed by atoms with Crippen LogP contribution in [-0.4, -0.2) is 50.8 Å². The van der Waals surface area contributed by atoms with Gasteiger partial charge in [-0.2, -0.15) is 4.31 Å². The highest BCUT2D eigenvalue weighted by atomic mass is 32.2. The van der Waals surface area contributed by atoms with Gasteiger partial charge in [-0.1, -0.05) is 36.4 Å². The van der Waals surface area contributed by atoms with Crippen LogP contribution in [0, 0.1) is 33.6 Å². The van der Waals surface area contributed by atoms with E-state index in [1.807, 2.05) is 64.1 Å². The standard InChI is InChI=1S/C26H34N2O5S/c1-18-16-19(2)21(4)25(20(18)3)34(31,32)28-14-11-23(12-15-28)26(30)33-17-24(29)27-13-10-22-8-6-5-7-9-22/h5-9,16,23H,10-15,17H2,1-4H3,(H,27,29). The van der Waals surface area contributed by atoms with Crippen molar-refractivity contribution >= 4 is 21.9 Å². The number of ether oxygens (including phenoxy) is 1. The van der Waals surface area contributed by atoms with Gasteiger partial charge in [0.2, 0.25) is 10.0 Å². The van der Waals surface area contributed by atoms with Crippen molar-refractivity contribution in [1.29, 1.82) is 0 Å². The summed E-state index contributed by atoms with van der Waals surface area (Å²) in [5, 5.41) is 2.75. The van der Waals surface area contributed by atoms with Crippen molar-refractivity contribution in [2.45, 2.75) is 51.9 Å². The summed E-state index contributed by atoms with van der Waals surface area (Å²) < 4.78 is 33.4. The Morgan fingerprint density at radius 3 is 2.18 bits per heavy atom. The fraction of sp³-hybridized carbons (Fsp3) is 0.462. The van der Waals surface area contributed by atoms with Crippen LogP contribution in [0.15, 0.2) is 41.3 Å². The van der Waals surface area contributed by atoms with E-state index in [0.29, 0.717) is 30.7 Å². The molecular formula is C26H34N2O5S. The summed E-state index contributed by atoms with van der Waals surface area (Å²) in [7, 11) is -3.66. The number of rotatable bonds is 8. The van der Waals surface area contributed by atoms with Gasteiger partial charge in [0.15, 0.2) is 6.61 Å². The highest BCUT2D eigenvalue weighted by Gasteiger charge is 2.35. The van der Waals surface area contributed by atoms with Gasteiger partial charge in [0.05, 0.1) is 10.8 Å².